The maximum absolute atomic E-state index is 13.4. The summed E-state index contributed by atoms with van der Waals surface area (Å²) in [6.07, 6.45) is -3.53. The molecule has 0 atom stereocenters. The van der Waals surface area contributed by atoms with Crippen LogP contribution in [0.25, 0.3) is 5.57 Å². The first kappa shape index (κ1) is 23.4. The number of esters is 3. The summed E-state index contributed by atoms with van der Waals surface area (Å²) in [6, 6.07) is 2.72. The topological polar surface area (TPSA) is 78.9 Å². The van der Waals surface area contributed by atoms with Crippen LogP contribution >= 0.6 is 0 Å². The molecule has 164 valence electrons. The second kappa shape index (κ2) is 8.12. The number of fused-ring (bicyclic) bond motifs is 1. The third-order valence-corrected chi connectivity index (χ3v) is 4.67. The lowest BCUT2D eigenvalue weighted by atomic mass is 9.81. The van der Waals surface area contributed by atoms with Gasteiger partial charge in [-0.2, -0.15) is 13.2 Å². The van der Waals surface area contributed by atoms with E-state index < -0.39 is 40.7 Å². The number of halogens is 3. The number of benzene rings is 1. The fraction of sp³-hybridized carbons (Fsp3) is 0.476. The van der Waals surface area contributed by atoms with Crippen molar-refractivity contribution in [2.45, 2.75) is 51.8 Å². The summed E-state index contributed by atoms with van der Waals surface area (Å²) in [6.45, 7) is 6.99. The Morgan fingerprint density at radius 3 is 1.97 bits per heavy atom. The van der Waals surface area contributed by atoms with Crippen LogP contribution in [0.1, 0.15) is 51.3 Å². The molecule has 1 aliphatic carbocycles. The number of hydrogen-bond acceptors (Lipinski definition) is 6. The molecule has 0 saturated carbocycles. The van der Waals surface area contributed by atoms with Gasteiger partial charge in [0.15, 0.2) is 0 Å². The van der Waals surface area contributed by atoms with Gasteiger partial charge < -0.3 is 14.2 Å². The fourth-order valence-corrected chi connectivity index (χ4v) is 3.48. The average molecular weight is 428 g/mol. The summed E-state index contributed by atoms with van der Waals surface area (Å²) in [4.78, 5) is 37.5. The first-order chi connectivity index (χ1) is 13.8. The van der Waals surface area contributed by atoms with Gasteiger partial charge in [0.2, 0.25) is 5.41 Å². The number of hydrogen-bond donors (Lipinski definition) is 0. The summed E-state index contributed by atoms with van der Waals surface area (Å²) in [5.41, 5.74) is -4.52. The van der Waals surface area contributed by atoms with E-state index in [1.807, 2.05) is 0 Å². The van der Waals surface area contributed by atoms with Crippen LogP contribution in [0.15, 0.2) is 24.3 Å². The van der Waals surface area contributed by atoms with Gasteiger partial charge >= 0.3 is 24.1 Å². The minimum Gasteiger partial charge on any atom is -0.465 e. The lowest BCUT2D eigenvalue weighted by Crippen LogP contribution is -2.44. The van der Waals surface area contributed by atoms with E-state index in [-0.39, 0.29) is 29.9 Å². The fourth-order valence-electron chi connectivity index (χ4n) is 3.48. The number of rotatable bonds is 6. The van der Waals surface area contributed by atoms with Gasteiger partial charge in [0, 0.05) is 12.5 Å². The van der Waals surface area contributed by atoms with Gasteiger partial charge in [0.25, 0.3) is 0 Å². The molecular weight excluding hydrogens is 405 g/mol. The van der Waals surface area contributed by atoms with E-state index in [1.165, 1.54) is 40.7 Å². The average Bonchev–Trinajstić information content (AvgIpc) is 2.97. The summed E-state index contributed by atoms with van der Waals surface area (Å²) in [5.74, 6) is -2.78. The van der Waals surface area contributed by atoms with Crippen molar-refractivity contribution in [3.05, 3.63) is 41.0 Å². The van der Waals surface area contributed by atoms with E-state index in [1.54, 1.807) is 0 Å². The van der Waals surface area contributed by atoms with Gasteiger partial charge in [0.1, 0.15) is 5.60 Å². The molecule has 1 aromatic carbocycles. The minimum atomic E-state index is -4.71. The number of carbonyl (C=O) groups excluding carboxylic acids is 3. The van der Waals surface area contributed by atoms with Crippen molar-refractivity contribution in [1.29, 1.82) is 0 Å². The Morgan fingerprint density at radius 2 is 1.53 bits per heavy atom. The van der Waals surface area contributed by atoms with Crippen LogP contribution in [0, 0.1) is 0 Å². The first-order valence-electron chi connectivity index (χ1n) is 9.30. The van der Waals surface area contributed by atoms with Crippen LogP contribution in [0.3, 0.4) is 0 Å². The van der Waals surface area contributed by atoms with Crippen LogP contribution < -0.4 is 0 Å². The summed E-state index contributed by atoms with van der Waals surface area (Å²) < 4.78 is 55.6. The molecule has 0 amide bonds. The zero-order valence-electron chi connectivity index (χ0n) is 17.3. The van der Waals surface area contributed by atoms with E-state index >= 15 is 0 Å². The molecule has 30 heavy (non-hydrogen) atoms. The molecule has 0 bridgehead atoms. The molecule has 9 heteroatoms. The molecule has 0 N–H and O–H groups in total. The Bertz CT molecular complexity index is 880. The van der Waals surface area contributed by atoms with Gasteiger partial charge in [0.05, 0.1) is 18.8 Å². The molecule has 1 aliphatic rings. The predicted molar refractivity (Wildman–Crippen MR) is 100 cm³/mol. The Hall–Kier alpha value is -2.84. The van der Waals surface area contributed by atoms with Gasteiger partial charge in [-0.05, 0) is 57.0 Å². The molecule has 0 heterocycles. The van der Waals surface area contributed by atoms with Crippen LogP contribution in [0.5, 0.6) is 0 Å². The number of alkyl halides is 3. The maximum atomic E-state index is 13.4. The van der Waals surface area contributed by atoms with Gasteiger partial charge in [-0.15, -0.1) is 0 Å². The normalized spacial score (nSPS) is 15.1. The Kier molecular flexibility index (Phi) is 6.34. The molecule has 0 unspecified atom stereocenters. The molecule has 0 fully saturated rings. The van der Waals surface area contributed by atoms with Crippen molar-refractivity contribution in [2.75, 3.05) is 13.2 Å². The van der Waals surface area contributed by atoms with Crippen LogP contribution in [-0.4, -0.2) is 36.7 Å². The highest BCUT2D eigenvalue weighted by molar-refractivity contribution is 6.13. The quantitative estimate of drug-likeness (QED) is 0.390. The zero-order chi connectivity index (χ0) is 22.9. The minimum absolute atomic E-state index is 0.106. The molecule has 0 saturated heterocycles. The molecular formula is C21H23F3O6. The van der Waals surface area contributed by atoms with E-state index in [9.17, 15) is 27.6 Å². The van der Waals surface area contributed by atoms with E-state index in [4.69, 9.17) is 14.2 Å². The molecule has 0 aliphatic heterocycles. The second-order valence-corrected chi connectivity index (χ2v) is 7.17. The maximum Gasteiger partial charge on any atom is 0.416 e. The largest absolute Gasteiger partial charge is 0.465 e. The highest BCUT2D eigenvalue weighted by Crippen LogP contribution is 2.49. The van der Waals surface area contributed by atoms with E-state index in [0.717, 1.165) is 18.2 Å². The SMILES string of the molecule is CCOC(=O)C1(C(=O)OCC)C=C(C(C)(C)OC(C)=O)c2ccc(C(F)(F)F)cc21. The Morgan fingerprint density at radius 1 is 1.00 bits per heavy atom. The lowest BCUT2D eigenvalue weighted by Gasteiger charge is -2.27. The first-order valence-corrected chi connectivity index (χ1v) is 9.30. The van der Waals surface area contributed by atoms with Crippen molar-refractivity contribution in [3.63, 3.8) is 0 Å². The predicted octanol–water partition coefficient (Wildman–Crippen LogP) is 3.81. The molecule has 6 nitrogen and oxygen atoms in total. The molecule has 0 spiro atoms. The van der Waals surface area contributed by atoms with Gasteiger partial charge in [-0.1, -0.05) is 6.07 Å². The van der Waals surface area contributed by atoms with Crippen molar-refractivity contribution in [3.8, 4) is 0 Å². The van der Waals surface area contributed by atoms with Gasteiger partial charge in [-0.25, -0.2) is 0 Å². The van der Waals surface area contributed by atoms with Crippen LogP contribution in [-0.2, 0) is 40.2 Å². The summed E-state index contributed by atoms with van der Waals surface area (Å²) in [7, 11) is 0. The number of ether oxygens (including phenoxy) is 3. The molecule has 0 radical (unpaired) electrons. The highest BCUT2D eigenvalue weighted by atomic mass is 19.4. The standard InChI is InChI=1S/C21H23F3O6/c1-6-28-17(26)20(18(27)29-7-2)11-16(19(4,5)30-12(3)25)14-9-8-13(10-15(14)20)21(22,23)24/h8-11H,6-7H2,1-5H3. The van der Waals surface area contributed by atoms with E-state index in [0.29, 0.717) is 0 Å². The van der Waals surface area contributed by atoms with Crippen LogP contribution in [0.4, 0.5) is 13.2 Å². The Labute approximate surface area is 172 Å². The van der Waals surface area contributed by atoms with Crippen molar-refractivity contribution in [2.24, 2.45) is 0 Å². The van der Waals surface area contributed by atoms with Crippen LogP contribution in [0.2, 0.25) is 0 Å². The molecule has 0 aromatic heterocycles. The summed E-state index contributed by atoms with van der Waals surface area (Å²) >= 11 is 0. The number of carbonyl (C=O) groups is 3. The lowest BCUT2D eigenvalue weighted by molar-refractivity contribution is -0.162. The van der Waals surface area contributed by atoms with Crippen molar-refractivity contribution >= 4 is 23.5 Å². The third kappa shape index (κ3) is 4.06. The second-order valence-electron chi connectivity index (χ2n) is 7.17. The Balaban J connectivity index is 2.87. The smallest absolute Gasteiger partial charge is 0.416 e. The molecule has 2 rings (SSSR count). The zero-order valence-corrected chi connectivity index (χ0v) is 17.3. The highest BCUT2D eigenvalue weighted by Gasteiger charge is 2.56. The molecule has 1 aromatic rings. The summed E-state index contributed by atoms with van der Waals surface area (Å²) in [5, 5.41) is 0. The third-order valence-electron chi connectivity index (χ3n) is 4.67. The monoisotopic (exact) mass is 428 g/mol. The van der Waals surface area contributed by atoms with Crippen molar-refractivity contribution < 1.29 is 41.8 Å². The van der Waals surface area contributed by atoms with Crippen molar-refractivity contribution in [1.82, 2.24) is 0 Å². The van der Waals surface area contributed by atoms with Gasteiger partial charge in [-0.3, -0.25) is 14.4 Å². The van der Waals surface area contributed by atoms with E-state index in [2.05, 4.69) is 0 Å².